The summed E-state index contributed by atoms with van der Waals surface area (Å²) in [4.78, 5) is 24.6. The monoisotopic (exact) mass is 453 g/mol. The number of rotatable bonds is 5. The summed E-state index contributed by atoms with van der Waals surface area (Å²) in [7, 11) is 1.23. The average Bonchev–Trinajstić information content (AvgIpc) is 2.78. The quantitative estimate of drug-likeness (QED) is 0.459. The molecule has 2 aromatic rings. The van der Waals surface area contributed by atoms with Crippen molar-refractivity contribution in [2.24, 2.45) is 5.92 Å². The number of nitrogens with one attached hydrogen (secondary N) is 3. The summed E-state index contributed by atoms with van der Waals surface area (Å²) >= 11 is 11.1. The second kappa shape index (κ2) is 10.1. The maximum Gasteiger partial charge on any atom is 0.413 e. The van der Waals surface area contributed by atoms with Crippen LogP contribution in [-0.4, -0.2) is 29.8 Å². The predicted octanol–water partition coefficient (Wildman–Crippen LogP) is 4.46. The first-order valence-corrected chi connectivity index (χ1v) is 10.2. The van der Waals surface area contributed by atoms with Gasteiger partial charge in [0.15, 0.2) is 10.9 Å². The molecule has 1 unspecified atom stereocenters. The third-order valence-corrected chi connectivity index (χ3v) is 5.20. The molecule has 1 atom stereocenters. The number of thiocarbonyl (C=S) groups is 1. The third kappa shape index (κ3) is 5.65. The highest BCUT2D eigenvalue weighted by Crippen LogP contribution is 2.28. The number of hydrogen-bond donors (Lipinski definition) is 3. The molecule has 8 heteroatoms. The van der Waals surface area contributed by atoms with Crippen LogP contribution in [0.5, 0.6) is 0 Å². The zero-order chi connectivity index (χ0) is 22.4. The van der Waals surface area contributed by atoms with Crippen molar-refractivity contribution in [3.05, 3.63) is 94.2 Å². The summed E-state index contributed by atoms with van der Waals surface area (Å²) < 4.78 is 4.53. The molecule has 31 heavy (non-hydrogen) atoms. The van der Waals surface area contributed by atoms with Crippen molar-refractivity contribution in [2.75, 3.05) is 7.11 Å². The maximum absolute atomic E-state index is 13.2. The summed E-state index contributed by atoms with van der Waals surface area (Å²) in [5.41, 5.74) is 2.57. The first-order valence-electron chi connectivity index (χ1n) is 9.40. The fraction of sp³-hybridized carbons (Fsp3) is 0.130. The molecule has 0 fully saturated rings. The highest BCUT2D eigenvalue weighted by molar-refractivity contribution is 7.80. The summed E-state index contributed by atoms with van der Waals surface area (Å²) in [6.07, 6.45) is 3.02. The normalized spacial score (nSPS) is 15.4. The topological polar surface area (TPSA) is 91.3 Å². The SMILES string of the molecule is COC(=O)NC(=S)NC1=CC=C(C(=O)c2ccccc2)C(Cc2ccc(Cl)cc2)C1=N. The number of benzene rings is 2. The number of methoxy groups -OCH3 is 1. The number of ketones is 1. The van der Waals surface area contributed by atoms with E-state index in [2.05, 4.69) is 15.4 Å². The van der Waals surface area contributed by atoms with Crippen LogP contribution < -0.4 is 10.6 Å². The van der Waals surface area contributed by atoms with Crippen LogP contribution in [0.4, 0.5) is 4.79 Å². The summed E-state index contributed by atoms with van der Waals surface area (Å²) in [6, 6.07) is 16.2. The number of carbonyl (C=O) groups is 2. The molecule has 1 aliphatic carbocycles. The molecule has 0 aliphatic heterocycles. The summed E-state index contributed by atoms with van der Waals surface area (Å²) in [6.45, 7) is 0. The molecule has 0 saturated carbocycles. The molecule has 158 valence electrons. The van der Waals surface area contributed by atoms with Crippen LogP contribution in [0.3, 0.4) is 0 Å². The van der Waals surface area contributed by atoms with Gasteiger partial charge in [-0.05, 0) is 42.4 Å². The minimum atomic E-state index is -0.714. The van der Waals surface area contributed by atoms with Gasteiger partial charge in [0.1, 0.15) is 0 Å². The minimum absolute atomic E-state index is 0.000621. The molecule has 3 rings (SSSR count). The molecule has 0 bridgehead atoms. The van der Waals surface area contributed by atoms with Crippen LogP contribution in [0.2, 0.25) is 5.02 Å². The average molecular weight is 454 g/mol. The number of Topliss-reactive ketones (excluding diaryl/α,β-unsaturated/α-hetero) is 1. The number of alkyl carbamates (subject to hydrolysis) is 1. The molecule has 3 N–H and O–H groups in total. The highest BCUT2D eigenvalue weighted by Gasteiger charge is 2.30. The van der Waals surface area contributed by atoms with Crippen LogP contribution >= 0.6 is 23.8 Å². The molecule has 1 amide bonds. The summed E-state index contributed by atoms with van der Waals surface area (Å²) in [5.74, 6) is -0.655. The molecule has 0 spiro atoms. The lowest BCUT2D eigenvalue weighted by atomic mass is 9.80. The Bertz CT molecular complexity index is 1080. The number of amides is 1. The van der Waals surface area contributed by atoms with E-state index in [0.717, 1.165) is 5.56 Å². The molecular formula is C23H20ClN3O3S. The van der Waals surface area contributed by atoms with Crippen LogP contribution in [0.15, 0.2) is 78.0 Å². The lowest BCUT2D eigenvalue weighted by Gasteiger charge is -2.26. The van der Waals surface area contributed by atoms with Crippen molar-refractivity contribution >= 4 is 46.5 Å². The van der Waals surface area contributed by atoms with E-state index in [1.807, 2.05) is 18.2 Å². The lowest BCUT2D eigenvalue weighted by molar-refractivity contribution is 0.102. The van der Waals surface area contributed by atoms with E-state index in [1.165, 1.54) is 7.11 Å². The van der Waals surface area contributed by atoms with Crippen molar-refractivity contribution < 1.29 is 14.3 Å². The van der Waals surface area contributed by atoms with Gasteiger partial charge in [-0.15, -0.1) is 0 Å². The van der Waals surface area contributed by atoms with Gasteiger partial charge in [-0.1, -0.05) is 60.1 Å². The van der Waals surface area contributed by atoms with Crippen molar-refractivity contribution in [2.45, 2.75) is 6.42 Å². The van der Waals surface area contributed by atoms with E-state index in [-0.39, 0.29) is 16.6 Å². The molecule has 1 aliphatic rings. The van der Waals surface area contributed by atoms with Crippen molar-refractivity contribution in [3.63, 3.8) is 0 Å². The Morgan fingerprint density at radius 2 is 1.77 bits per heavy atom. The van der Waals surface area contributed by atoms with Gasteiger partial charge in [-0.2, -0.15) is 0 Å². The Kier molecular flexibility index (Phi) is 7.33. The largest absolute Gasteiger partial charge is 0.453 e. The lowest BCUT2D eigenvalue weighted by Crippen LogP contribution is -2.42. The van der Waals surface area contributed by atoms with Gasteiger partial charge in [0.05, 0.1) is 18.5 Å². The van der Waals surface area contributed by atoms with Crippen molar-refractivity contribution in [1.29, 1.82) is 5.41 Å². The van der Waals surface area contributed by atoms with Crippen molar-refractivity contribution in [3.8, 4) is 0 Å². The zero-order valence-corrected chi connectivity index (χ0v) is 18.2. The van der Waals surface area contributed by atoms with Gasteiger partial charge < -0.3 is 15.5 Å². The molecule has 2 aromatic carbocycles. The number of hydrogen-bond acceptors (Lipinski definition) is 5. The number of ether oxygens (including phenoxy) is 1. The van der Waals surface area contributed by atoms with Gasteiger partial charge in [0.2, 0.25) is 0 Å². The molecule has 0 heterocycles. The Morgan fingerprint density at radius 1 is 1.10 bits per heavy atom. The number of halogens is 1. The molecule has 6 nitrogen and oxygen atoms in total. The van der Waals surface area contributed by atoms with E-state index in [9.17, 15) is 9.59 Å². The fourth-order valence-corrected chi connectivity index (χ4v) is 3.51. The highest BCUT2D eigenvalue weighted by atomic mass is 35.5. The van der Waals surface area contributed by atoms with E-state index in [1.54, 1.807) is 48.6 Å². The zero-order valence-electron chi connectivity index (χ0n) is 16.6. The Hall–Kier alpha value is -3.29. The first-order chi connectivity index (χ1) is 14.9. The second-order valence-electron chi connectivity index (χ2n) is 6.77. The van der Waals surface area contributed by atoms with E-state index in [0.29, 0.717) is 28.3 Å². The minimum Gasteiger partial charge on any atom is -0.453 e. The Labute approximate surface area is 190 Å². The molecule has 0 saturated heterocycles. The van der Waals surface area contributed by atoms with Gasteiger partial charge in [-0.3, -0.25) is 10.1 Å². The maximum atomic E-state index is 13.2. The van der Waals surface area contributed by atoms with Gasteiger partial charge in [0, 0.05) is 22.1 Å². The smallest absolute Gasteiger partial charge is 0.413 e. The van der Waals surface area contributed by atoms with E-state index in [4.69, 9.17) is 29.2 Å². The van der Waals surface area contributed by atoms with Gasteiger partial charge in [-0.25, -0.2) is 4.79 Å². The van der Waals surface area contributed by atoms with E-state index >= 15 is 0 Å². The Balaban J connectivity index is 1.91. The van der Waals surface area contributed by atoms with Crippen LogP contribution in [0.25, 0.3) is 0 Å². The molecule has 0 aromatic heterocycles. The standard InChI is InChI=1S/C23H20ClN3O3S/c1-30-23(29)27-22(31)26-19-12-11-17(21(28)15-5-3-2-4-6-15)18(20(19)25)13-14-7-9-16(24)10-8-14/h2-12,18,25H,13H2,1H3,(H2,26,27,29,31). The van der Waals surface area contributed by atoms with Gasteiger partial charge in [0.25, 0.3) is 0 Å². The number of allylic oxidation sites excluding steroid dienone is 4. The number of carbonyl (C=O) groups excluding carboxylic acids is 2. The Morgan fingerprint density at radius 3 is 2.42 bits per heavy atom. The van der Waals surface area contributed by atoms with E-state index < -0.39 is 12.0 Å². The molecular weight excluding hydrogens is 434 g/mol. The molecule has 0 radical (unpaired) electrons. The van der Waals surface area contributed by atoms with Crippen LogP contribution in [0, 0.1) is 11.3 Å². The van der Waals surface area contributed by atoms with Crippen LogP contribution in [-0.2, 0) is 11.2 Å². The van der Waals surface area contributed by atoms with Crippen LogP contribution in [0.1, 0.15) is 15.9 Å². The first kappa shape index (κ1) is 22.4. The summed E-state index contributed by atoms with van der Waals surface area (Å²) in [5, 5.41) is 14.5. The third-order valence-electron chi connectivity index (χ3n) is 4.74. The van der Waals surface area contributed by atoms with Crippen molar-refractivity contribution in [1.82, 2.24) is 10.6 Å². The predicted molar refractivity (Wildman–Crippen MR) is 125 cm³/mol. The van der Waals surface area contributed by atoms with Gasteiger partial charge >= 0.3 is 6.09 Å². The second-order valence-corrected chi connectivity index (χ2v) is 7.61. The fourth-order valence-electron chi connectivity index (χ4n) is 3.19.